The Hall–Kier alpha value is -2.33. The van der Waals surface area contributed by atoms with E-state index in [0.29, 0.717) is 6.54 Å². The zero-order valence-electron chi connectivity index (χ0n) is 15.7. The molecular weight excluding hydrogens is 324 g/mol. The van der Waals surface area contributed by atoms with Crippen LogP contribution in [0.3, 0.4) is 0 Å². The molecule has 0 aromatic heterocycles. The lowest BCUT2D eigenvalue weighted by molar-refractivity contribution is -0.123. The number of benzene rings is 2. The van der Waals surface area contributed by atoms with Gasteiger partial charge in [0.15, 0.2) is 6.61 Å². The molecule has 3 rings (SSSR count). The van der Waals surface area contributed by atoms with Gasteiger partial charge in [0.05, 0.1) is 6.04 Å². The number of nitrogens with zero attached hydrogens (tertiary/aromatic N) is 1. The quantitative estimate of drug-likeness (QED) is 0.827. The van der Waals surface area contributed by atoms with Crippen molar-refractivity contribution in [1.29, 1.82) is 0 Å². The van der Waals surface area contributed by atoms with Gasteiger partial charge in [0, 0.05) is 6.54 Å². The molecule has 4 nitrogen and oxygen atoms in total. The largest absolute Gasteiger partial charge is 0.484 e. The van der Waals surface area contributed by atoms with Gasteiger partial charge in [-0.1, -0.05) is 48.0 Å². The Morgan fingerprint density at radius 3 is 2.46 bits per heavy atom. The maximum absolute atomic E-state index is 12.3. The Balaban J connectivity index is 1.57. The normalized spacial score (nSPS) is 15.6. The van der Waals surface area contributed by atoms with Crippen molar-refractivity contribution < 1.29 is 9.53 Å². The second kappa shape index (κ2) is 8.86. The molecule has 1 heterocycles. The fourth-order valence-electron chi connectivity index (χ4n) is 3.42. The van der Waals surface area contributed by atoms with Gasteiger partial charge in [-0.05, 0) is 57.0 Å². The predicted molar refractivity (Wildman–Crippen MR) is 104 cm³/mol. The summed E-state index contributed by atoms with van der Waals surface area (Å²) < 4.78 is 5.65. The summed E-state index contributed by atoms with van der Waals surface area (Å²) in [6.07, 6.45) is 2.46. The van der Waals surface area contributed by atoms with Crippen molar-refractivity contribution in [2.75, 3.05) is 26.2 Å². The molecule has 1 fully saturated rings. The Morgan fingerprint density at radius 1 is 1.08 bits per heavy atom. The van der Waals surface area contributed by atoms with Gasteiger partial charge in [-0.3, -0.25) is 9.69 Å². The highest BCUT2D eigenvalue weighted by molar-refractivity contribution is 5.77. The van der Waals surface area contributed by atoms with Crippen LogP contribution in [0, 0.1) is 13.8 Å². The maximum Gasteiger partial charge on any atom is 0.258 e. The monoisotopic (exact) mass is 352 g/mol. The number of para-hydroxylation sites is 1. The van der Waals surface area contributed by atoms with E-state index in [2.05, 4.69) is 41.4 Å². The van der Waals surface area contributed by atoms with E-state index in [-0.39, 0.29) is 18.6 Å². The first-order valence-electron chi connectivity index (χ1n) is 9.39. The first kappa shape index (κ1) is 18.5. The molecule has 1 amide bonds. The SMILES string of the molecule is Cc1ccc([C@H](CNC(=O)COc2ccccc2C)N2CCCC2)cc1. The van der Waals surface area contributed by atoms with Gasteiger partial charge < -0.3 is 10.1 Å². The van der Waals surface area contributed by atoms with E-state index in [1.54, 1.807) is 0 Å². The third-order valence-electron chi connectivity index (χ3n) is 4.99. The molecule has 0 saturated carbocycles. The van der Waals surface area contributed by atoms with E-state index in [4.69, 9.17) is 4.74 Å². The molecule has 0 radical (unpaired) electrons. The molecule has 0 spiro atoms. The Morgan fingerprint density at radius 2 is 1.77 bits per heavy atom. The van der Waals surface area contributed by atoms with Crippen LogP contribution in [-0.2, 0) is 4.79 Å². The van der Waals surface area contributed by atoms with Crippen LogP contribution in [-0.4, -0.2) is 37.0 Å². The van der Waals surface area contributed by atoms with Crippen LogP contribution in [0.5, 0.6) is 5.75 Å². The van der Waals surface area contributed by atoms with E-state index >= 15 is 0 Å². The standard InChI is InChI=1S/C22H28N2O2/c1-17-9-11-19(12-10-17)20(24-13-5-6-14-24)15-23-22(25)16-26-21-8-4-3-7-18(21)2/h3-4,7-12,20H,5-6,13-16H2,1-2H3,(H,23,25)/t20-/m0/s1. The van der Waals surface area contributed by atoms with Gasteiger partial charge in [-0.15, -0.1) is 0 Å². The van der Waals surface area contributed by atoms with E-state index in [9.17, 15) is 4.79 Å². The average Bonchev–Trinajstić information content (AvgIpc) is 3.17. The molecule has 2 aromatic rings. The number of nitrogens with one attached hydrogen (secondary N) is 1. The number of carbonyl (C=O) groups is 1. The van der Waals surface area contributed by atoms with Crippen molar-refractivity contribution >= 4 is 5.91 Å². The van der Waals surface area contributed by atoms with Gasteiger partial charge in [0.25, 0.3) is 5.91 Å². The summed E-state index contributed by atoms with van der Waals surface area (Å²) in [5, 5.41) is 3.06. The number of amides is 1. The average molecular weight is 352 g/mol. The van der Waals surface area contributed by atoms with Crippen molar-refractivity contribution in [1.82, 2.24) is 10.2 Å². The van der Waals surface area contributed by atoms with Gasteiger partial charge >= 0.3 is 0 Å². The van der Waals surface area contributed by atoms with Crippen LogP contribution in [0.4, 0.5) is 0 Å². The molecule has 4 heteroatoms. The molecule has 1 aliphatic heterocycles. The summed E-state index contributed by atoms with van der Waals surface area (Å²) in [7, 11) is 0. The van der Waals surface area contributed by atoms with Crippen molar-refractivity contribution in [2.45, 2.75) is 32.7 Å². The molecule has 1 atom stereocenters. The number of aryl methyl sites for hydroxylation is 2. The zero-order chi connectivity index (χ0) is 18.4. The summed E-state index contributed by atoms with van der Waals surface area (Å²) in [6.45, 7) is 6.92. The van der Waals surface area contributed by atoms with Crippen LogP contribution >= 0.6 is 0 Å². The highest BCUT2D eigenvalue weighted by atomic mass is 16.5. The van der Waals surface area contributed by atoms with Crippen molar-refractivity contribution in [3.63, 3.8) is 0 Å². The van der Waals surface area contributed by atoms with Crippen LogP contribution in [0.2, 0.25) is 0 Å². The highest BCUT2D eigenvalue weighted by Crippen LogP contribution is 2.25. The van der Waals surface area contributed by atoms with E-state index in [1.165, 1.54) is 24.0 Å². The van der Waals surface area contributed by atoms with Crippen molar-refractivity contribution in [3.8, 4) is 5.75 Å². The number of ether oxygens (including phenoxy) is 1. The maximum atomic E-state index is 12.3. The van der Waals surface area contributed by atoms with Crippen LogP contribution in [0.25, 0.3) is 0 Å². The van der Waals surface area contributed by atoms with Gasteiger partial charge in [-0.2, -0.15) is 0 Å². The zero-order valence-corrected chi connectivity index (χ0v) is 15.7. The van der Waals surface area contributed by atoms with Crippen LogP contribution in [0.1, 0.15) is 35.6 Å². The minimum Gasteiger partial charge on any atom is -0.484 e. The first-order chi connectivity index (χ1) is 12.6. The number of carbonyl (C=O) groups excluding carboxylic acids is 1. The summed E-state index contributed by atoms with van der Waals surface area (Å²) >= 11 is 0. The Kier molecular flexibility index (Phi) is 6.29. The molecule has 0 bridgehead atoms. The topological polar surface area (TPSA) is 41.6 Å². The molecule has 2 aromatic carbocycles. The van der Waals surface area contributed by atoms with E-state index in [1.807, 2.05) is 31.2 Å². The highest BCUT2D eigenvalue weighted by Gasteiger charge is 2.23. The summed E-state index contributed by atoms with van der Waals surface area (Å²) in [4.78, 5) is 14.7. The van der Waals surface area contributed by atoms with E-state index in [0.717, 1.165) is 24.4 Å². The second-order valence-electron chi connectivity index (χ2n) is 7.03. The Labute approximate surface area is 156 Å². The minimum atomic E-state index is -0.0791. The van der Waals surface area contributed by atoms with Crippen molar-refractivity contribution in [2.24, 2.45) is 0 Å². The predicted octanol–water partition coefficient (Wildman–Crippen LogP) is 3.64. The molecular formula is C22H28N2O2. The lowest BCUT2D eigenvalue weighted by Crippen LogP contribution is -2.38. The minimum absolute atomic E-state index is 0.0471. The van der Waals surface area contributed by atoms with Gasteiger partial charge in [-0.25, -0.2) is 0 Å². The Bertz CT molecular complexity index is 721. The summed E-state index contributed by atoms with van der Waals surface area (Å²) in [5.74, 6) is 0.682. The van der Waals surface area contributed by atoms with E-state index < -0.39 is 0 Å². The lowest BCUT2D eigenvalue weighted by Gasteiger charge is -2.28. The molecule has 1 saturated heterocycles. The number of hydrogen-bond acceptors (Lipinski definition) is 3. The van der Waals surface area contributed by atoms with Gasteiger partial charge in [0.2, 0.25) is 0 Å². The number of likely N-dealkylation sites (tertiary alicyclic amines) is 1. The molecule has 26 heavy (non-hydrogen) atoms. The van der Waals surface area contributed by atoms with Crippen LogP contribution in [0.15, 0.2) is 48.5 Å². The fourth-order valence-corrected chi connectivity index (χ4v) is 3.42. The third kappa shape index (κ3) is 4.85. The second-order valence-corrected chi connectivity index (χ2v) is 7.03. The third-order valence-corrected chi connectivity index (χ3v) is 4.99. The fraction of sp³-hybridized carbons (Fsp3) is 0.409. The van der Waals surface area contributed by atoms with Gasteiger partial charge in [0.1, 0.15) is 5.75 Å². The molecule has 1 aliphatic rings. The van der Waals surface area contributed by atoms with Crippen LogP contribution < -0.4 is 10.1 Å². The summed E-state index contributed by atoms with van der Waals surface area (Å²) in [6, 6.07) is 16.6. The molecule has 0 aliphatic carbocycles. The van der Waals surface area contributed by atoms with Crippen molar-refractivity contribution in [3.05, 3.63) is 65.2 Å². The number of hydrogen-bond donors (Lipinski definition) is 1. The first-order valence-corrected chi connectivity index (χ1v) is 9.39. The lowest BCUT2D eigenvalue weighted by atomic mass is 10.0. The molecule has 0 unspecified atom stereocenters. The molecule has 138 valence electrons. The summed E-state index contributed by atoms with van der Waals surface area (Å²) in [5.41, 5.74) is 3.55. The molecule has 1 N–H and O–H groups in total. The smallest absolute Gasteiger partial charge is 0.258 e. The number of rotatable bonds is 7.